The lowest BCUT2D eigenvalue weighted by Gasteiger charge is -2.34. The Morgan fingerprint density at radius 3 is 2.62 bits per heavy atom. The lowest BCUT2D eigenvalue weighted by atomic mass is 9.73. The van der Waals surface area contributed by atoms with Gasteiger partial charge in [0.25, 0.3) is 0 Å². The first-order valence-corrected chi connectivity index (χ1v) is 8.19. The van der Waals surface area contributed by atoms with Crippen molar-refractivity contribution in [2.24, 2.45) is 5.41 Å². The second-order valence-electron chi connectivity index (χ2n) is 7.05. The number of hydrogen-bond donors (Lipinski definition) is 2. The third-order valence-electron chi connectivity index (χ3n) is 4.45. The van der Waals surface area contributed by atoms with E-state index in [1.165, 1.54) is 0 Å². The number of nitrogens with zero attached hydrogens (tertiary/aromatic N) is 2. The molecule has 1 aromatic carbocycles. The number of aromatic nitrogens is 2. The van der Waals surface area contributed by atoms with Crippen LogP contribution in [0.25, 0.3) is 0 Å². The third-order valence-corrected chi connectivity index (χ3v) is 4.70. The van der Waals surface area contributed by atoms with Crippen molar-refractivity contribution in [1.29, 1.82) is 0 Å². The predicted molar refractivity (Wildman–Crippen MR) is 90.8 cm³/mol. The van der Waals surface area contributed by atoms with Crippen LogP contribution in [0.3, 0.4) is 0 Å². The van der Waals surface area contributed by atoms with Crippen LogP contribution in [-0.4, -0.2) is 16.1 Å². The van der Waals surface area contributed by atoms with Crippen molar-refractivity contribution in [3.05, 3.63) is 46.1 Å². The van der Waals surface area contributed by atoms with Crippen LogP contribution in [0.4, 0.5) is 11.6 Å². The Labute approximate surface area is 144 Å². The number of hydrogen-bond acceptors (Lipinski definition) is 6. The molecule has 124 valence electrons. The molecule has 1 unspecified atom stereocenters. The molecule has 0 saturated heterocycles. The first-order chi connectivity index (χ1) is 11.4. The topological polar surface area (TPSA) is 80.1 Å². The van der Waals surface area contributed by atoms with Crippen LogP contribution in [0.5, 0.6) is 0 Å². The van der Waals surface area contributed by atoms with E-state index in [0.29, 0.717) is 23.1 Å². The van der Waals surface area contributed by atoms with Gasteiger partial charge < -0.3 is 10.6 Å². The number of halogens is 1. The molecule has 0 saturated carbocycles. The fourth-order valence-corrected chi connectivity index (χ4v) is 3.53. The molecule has 0 spiro atoms. The third kappa shape index (κ3) is 2.57. The smallest absolute Gasteiger partial charge is 0.219 e. The second-order valence-corrected chi connectivity index (χ2v) is 7.48. The van der Waals surface area contributed by atoms with Gasteiger partial charge in [-0.2, -0.15) is 0 Å². The number of allylic oxidation sites excluding steroid dienone is 1. The molecule has 2 N–H and O–H groups in total. The van der Waals surface area contributed by atoms with Gasteiger partial charge in [0.2, 0.25) is 11.6 Å². The lowest BCUT2D eigenvalue weighted by Crippen LogP contribution is -2.31. The Bertz CT molecular complexity index is 839. The summed E-state index contributed by atoms with van der Waals surface area (Å²) in [5.41, 5.74) is 2.45. The van der Waals surface area contributed by atoms with E-state index >= 15 is 0 Å². The van der Waals surface area contributed by atoms with Crippen molar-refractivity contribution in [2.75, 3.05) is 10.6 Å². The zero-order chi connectivity index (χ0) is 16.9. The maximum absolute atomic E-state index is 12.9. The minimum absolute atomic E-state index is 0.102. The Balaban J connectivity index is 1.86. The van der Waals surface area contributed by atoms with Crippen LogP contribution in [0.15, 0.2) is 40.2 Å². The van der Waals surface area contributed by atoms with Gasteiger partial charge in [-0.15, -0.1) is 0 Å². The summed E-state index contributed by atoms with van der Waals surface area (Å²) in [6.45, 7) is 4.18. The molecule has 1 aromatic heterocycles. The zero-order valence-electron chi connectivity index (χ0n) is 13.4. The Morgan fingerprint density at radius 2 is 1.88 bits per heavy atom. The highest BCUT2D eigenvalue weighted by atomic mass is 35.5. The summed E-state index contributed by atoms with van der Waals surface area (Å²) in [6.07, 6.45) is 1.26. The highest BCUT2D eigenvalue weighted by Gasteiger charge is 2.39. The molecule has 0 bridgehead atoms. The van der Waals surface area contributed by atoms with E-state index in [4.69, 9.17) is 16.2 Å². The van der Waals surface area contributed by atoms with Crippen molar-refractivity contribution in [3.63, 3.8) is 0 Å². The maximum atomic E-state index is 12.9. The number of Topliss-reactive ketones (excluding diaryl/α,β-unsaturated/α-hetero) is 1. The number of carbonyl (C=O) groups excluding carboxylic acids is 1. The number of fused-ring (bicyclic) bond motifs is 1. The number of carbonyl (C=O) groups is 1. The Kier molecular flexibility index (Phi) is 3.38. The van der Waals surface area contributed by atoms with Gasteiger partial charge in [0.1, 0.15) is 0 Å². The van der Waals surface area contributed by atoms with Crippen molar-refractivity contribution in [3.8, 4) is 0 Å². The molecule has 2 heterocycles. The lowest BCUT2D eigenvalue weighted by molar-refractivity contribution is -0.118. The normalized spacial score (nSPS) is 22.1. The molecule has 2 aliphatic rings. The standard InChI is InChI=1S/C17H17ClN4O2/c1-17(2)7-11-13(12(23)8-17)14(9-3-5-10(18)6-4-9)20-16-15(19-11)21-24-22-16/h3-6,14H,7-8H2,1-2H3,(H,19,21)(H,20,22). The Hall–Kier alpha value is -2.34. The van der Waals surface area contributed by atoms with Gasteiger partial charge in [0, 0.05) is 22.7 Å². The average molecular weight is 345 g/mol. The van der Waals surface area contributed by atoms with Crippen LogP contribution >= 0.6 is 11.6 Å². The van der Waals surface area contributed by atoms with E-state index in [1.807, 2.05) is 24.3 Å². The summed E-state index contributed by atoms with van der Waals surface area (Å²) in [6, 6.07) is 7.14. The van der Waals surface area contributed by atoms with E-state index in [0.717, 1.165) is 23.3 Å². The minimum atomic E-state index is -0.318. The molecule has 0 fully saturated rings. The molecule has 2 aromatic rings. The summed E-state index contributed by atoms with van der Waals surface area (Å²) in [7, 11) is 0. The van der Waals surface area contributed by atoms with Crippen molar-refractivity contribution < 1.29 is 9.42 Å². The first kappa shape index (κ1) is 15.2. The number of ketones is 1. The summed E-state index contributed by atoms with van der Waals surface area (Å²) < 4.78 is 4.83. The number of anilines is 2. The molecule has 1 aliphatic heterocycles. The highest BCUT2D eigenvalue weighted by molar-refractivity contribution is 6.30. The summed E-state index contributed by atoms with van der Waals surface area (Å²) in [5, 5.41) is 15.0. The Morgan fingerprint density at radius 1 is 1.17 bits per heavy atom. The van der Waals surface area contributed by atoms with Crippen molar-refractivity contribution >= 4 is 29.0 Å². The van der Waals surface area contributed by atoms with Crippen LogP contribution in [0.1, 0.15) is 38.3 Å². The maximum Gasteiger partial charge on any atom is 0.219 e. The number of benzene rings is 1. The minimum Gasteiger partial charge on any atom is -0.353 e. The van der Waals surface area contributed by atoms with Gasteiger partial charge in [-0.25, -0.2) is 4.63 Å². The molecule has 6 nitrogen and oxygen atoms in total. The molecule has 4 rings (SSSR count). The van der Waals surface area contributed by atoms with Gasteiger partial charge >= 0.3 is 0 Å². The molecular weight excluding hydrogens is 328 g/mol. The molecule has 0 amide bonds. The van der Waals surface area contributed by atoms with Crippen LogP contribution in [-0.2, 0) is 4.79 Å². The van der Waals surface area contributed by atoms with E-state index in [1.54, 1.807) is 0 Å². The molecular formula is C17H17ClN4O2. The zero-order valence-corrected chi connectivity index (χ0v) is 14.1. The SMILES string of the molecule is CC1(C)CC(=O)C2=C(C1)Nc1nonc1NC2c1ccc(Cl)cc1. The van der Waals surface area contributed by atoms with Crippen LogP contribution in [0, 0.1) is 5.41 Å². The first-order valence-electron chi connectivity index (χ1n) is 7.81. The average Bonchev–Trinajstić information content (AvgIpc) is 2.86. The molecule has 0 radical (unpaired) electrons. The van der Waals surface area contributed by atoms with Gasteiger partial charge in [0.15, 0.2) is 5.78 Å². The van der Waals surface area contributed by atoms with Crippen molar-refractivity contribution in [2.45, 2.75) is 32.7 Å². The predicted octanol–water partition coefficient (Wildman–Crippen LogP) is 3.94. The van der Waals surface area contributed by atoms with Crippen molar-refractivity contribution in [1.82, 2.24) is 10.3 Å². The molecule has 1 atom stereocenters. The number of rotatable bonds is 1. The summed E-state index contributed by atoms with van der Waals surface area (Å²) >= 11 is 6.00. The monoisotopic (exact) mass is 344 g/mol. The van der Waals surface area contributed by atoms with Gasteiger partial charge in [-0.1, -0.05) is 37.6 Å². The van der Waals surface area contributed by atoms with E-state index in [2.05, 4.69) is 34.8 Å². The van der Waals surface area contributed by atoms with Gasteiger partial charge in [0.05, 0.1) is 6.04 Å². The van der Waals surface area contributed by atoms with E-state index in [-0.39, 0.29) is 17.2 Å². The molecule has 24 heavy (non-hydrogen) atoms. The quantitative estimate of drug-likeness (QED) is 0.815. The molecule has 7 heteroatoms. The second kappa shape index (κ2) is 5.34. The largest absolute Gasteiger partial charge is 0.353 e. The van der Waals surface area contributed by atoms with Crippen LogP contribution in [0.2, 0.25) is 5.02 Å². The van der Waals surface area contributed by atoms with Gasteiger partial charge in [-0.3, -0.25) is 4.79 Å². The van der Waals surface area contributed by atoms with E-state index in [9.17, 15) is 4.79 Å². The van der Waals surface area contributed by atoms with Crippen LogP contribution < -0.4 is 10.6 Å². The summed E-state index contributed by atoms with van der Waals surface area (Å²) in [4.78, 5) is 12.9. The fourth-order valence-electron chi connectivity index (χ4n) is 3.40. The number of nitrogens with one attached hydrogen (secondary N) is 2. The van der Waals surface area contributed by atoms with Gasteiger partial charge in [-0.05, 0) is 39.8 Å². The summed E-state index contributed by atoms with van der Waals surface area (Å²) in [5.74, 6) is 1.13. The fraction of sp³-hybridized carbons (Fsp3) is 0.353. The highest BCUT2D eigenvalue weighted by Crippen LogP contribution is 2.44. The molecule has 1 aliphatic carbocycles. The van der Waals surface area contributed by atoms with E-state index < -0.39 is 0 Å².